The van der Waals surface area contributed by atoms with Gasteiger partial charge in [0.15, 0.2) is 5.58 Å². The molecular weight excluding hydrogens is 271 g/mol. The number of rotatable bonds is 1. The van der Waals surface area contributed by atoms with Gasteiger partial charge in [0.1, 0.15) is 5.52 Å². The lowest BCUT2D eigenvalue weighted by Crippen LogP contribution is -1.92. The molecule has 0 atom stereocenters. The van der Waals surface area contributed by atoms with E-state index >= 15 is 0 Å². The number of fused-ring (bicyclic) bond motifs is 1. The fraction of sp³-hybridized carbons (Fsp3) is 0. The minimum Gasteiger partial charge on any atom is -0.436 e. The number of oxazole rings is 1. The van der Waals surface area contributed by atoms with E-state index in [-0.39, 0.29) is 0 Å². The maximum absolute atomic E-state index is 6.12. The third-order valence-corrected chi connectivity index (χ3v) is 3.29. The van der Waals surface area contributed by atoms with Gasteiger partial charge in [0, 0.05) is 0 Å². The van der Waals surface area contributed by atoms with E-state index in [0.29, 0.717) is 32.8 Å². The Morgan fingerprint density at radius 2 is 1.72 bits per heavy atom. The van der Waals surface area contributed by atoms with Crippen LogP contribution in [0.1, 0.15) is 0 Å². The molecule has 90 valence electrons. The van der Waals surface area contributed by atoms with Gasteiger partial charge in [0.2, 0.25) is 5.89 Å². The molecule has 0 spiro atoms. The lowest BCUT2D eigenvalue weighted by molar-refractivity contribution is 0.620. The number of halogens is 2. The molecule has 1 aromatic heterocycles. The Kier molecular flexibility index (Phi) is 2.65. The zero-order chi connectivity index (χ0) is 12.7. The molecular formula is C13H8Cl2N2O. The molecule has 2 N–H and O–H groups in total. The Balaban J connectivity index is 2.29. The zero-order valence-corrected chi connectivity index (χ0v) is 10.7. The molecule has 3 rings (SSSR count). The first-order valence-electron chi connectivity index (χ1n) is 5.26. The van der Waals surface area contributed by atoms with E-state index in [4.69, 9.17) is 33.4 Å². The lowest BCUT2D eigenvalue weighted by atomic mass is 10.2. The number of nitrogens with two attached hydrogens (primary N) is 1. The predicted octanol–water partition coefficient (Wildman–Crippen LogP) is 4.38. The molecule has 0 bridgehead atoms. The van der Waals surface area contributed by atoms with Crippen LogP contribution in [0.25, 0.3) is 22.6 Å². The van der Waals surface area contributed by atoms with E-state index in [2.05, 4.69) is 4.98 Å². The van der Waals surface area contributed by atoms with Crippen molar-refractivity contribution in [3.63, 3.8) is 0 Å². The second-order valence-electron chi connectivity index (χ2n) is 3.80. The van der Waals surface area contributed by atoms with E-state index in [0.717, 1.165) is 5.52 Å². The first-order chi connectivity index (χ1) is 8.66. The van der Waals surface area contributed by atoms with E-state index in [1.54, 1.807) is 12.1 Å². The van der Waals surface area contributed by atoms with Crippen LogP contribution >= 0.6 is 23.2 Å². The number of nitrogen functional groups attached to an aromatic ring is 1. The Labute approximate surface area is 113 Å². The first-order valence-corrected chi connectivity index (χ1v) is 6.02. The maximum Gasteiger partial charge on any atom is 0.230 e. The predicted molar refractivity (Wildman–Crippen MR) is 73.9 cm³/mol. The Morgan fingerprint density at radius 3 is 2.50 bits per heavy atom. The third-order valence-electron chi connectivity index (χ3n) is 2.65. The summed E-state index contributed by atoms with van der Waals surface area (Å²) in [5.74, 6) is 0.376. The van der Waals surface area contributed by atoms with Crippen molar-refractivity contribution in [1.29, 1.82) is 0 Å². The van der Waals surface area contributed by atoms with Gasteiger partial charge in [0.25, 0.3) is 0 Å². The molecule has 0 saturated heterocycles. The fourth-order valence-corrected chi connectivity index (χ4v) is 2.17. The third kappa shape index (κ3) is 1.72. The van der Waals surface area contributed by atoms with E-state index in [1.165, 1.54) is 0 Å². The molecule has 0 fully saturated rings. The molecule has 0 aliphatic carbocycles. The van der Waals surface area contributed by atoms with Gasteiger partial charge in [0.05, 0.1) is 21.3 Å². The van der Waals surface area contributed by atoms with Gasteiger partial charge >= 0.3 is 0 Å². The lowest BCUT2D eigenvalue weighted by Gasteiger charge is -2.05. The molecule has 3 nitrogen and oxygen atoms in total. The summed E-state index contributed by atoms with van der Waals surface area (Å²) >= 11 is 12.1. The van der Waals surface area contributed by atoms with Crippen LogP contribution in [0.4, 0.5) is 5.69 Å². The molecule has 0 unspecified atom stereocenters. The van der Waals surface area contributed by atoms with Gasteiger partial charge in [-0.05, 0) is 24.3 Å². The normalized spacial score (nSPS) is 11.0. The molecule has 1 heterocycles. The summed E-state index contributed by atoms with van der Waals surface area (Å²) < 4.78 is 5.64. The molecule has 2 aromatic carbocycles. The Hall–Kier alpha value is -1.71. The second-order valence-corrected chi connectivity index (χ2v) is 4.62. The molecule has 0 amide bonds. The summed E-state index contributed by atoms with van der Waals surface area (Å²) in [6.45, 7) is 0. The average molecular weight is 279 g/mol. The van der Waals surface area contributed by atoms with Gasteiger partial charge in [-0.15, -0.1) is 0 Å². The highest BCUT2D eigenvalue weighted by atomic mass is 35.5. The monoisotopic (exact) mass is 278 g/mol. The van der Waals surface area contributed by atoms with Crippen molar-refractivity contribution in [1.82, 2.24) is 4.98 Å². The maximum atomic E-state index is 6.12. The van der Waals surface area contributed by atoms with Crippen molar-refractivity contribution in [2.75, 3.05) is 5.73 Å². The molecule has 0 aliphatic rings. The van der Waals surface area contributed by atoms with Gasteiger partial charge in [-0.1, -0.05) is 35.3 Å². The number of benzene rings is 2. The molecule has 0 saturated carbocycles. The Morgan fingerprint density at radius 1 is 1.00 bits per heavy atom. The molecule has 3 aromatic rings. The SMILES string of the molecule is Nc1c(Cl)ccc(Cl)c1-c1nc2ccccc2o1. The summed E-state index contributed by atoms with van der Waals surface area (Å²) in [4.78, 5) is 4.36. The number of hydrogen-bond acceptors (Lipinski definition) is 3. The number of nitrogens with zero attached hydrogens (tertiary/aromatic N) is 1. The largest absolute Gasteiger partial charge is 0.436 e. The number of hydrogen-bond donors (Lipinski definition) is 1. The van der Waals surface area contributed by atoms with Crippen LogP contribution in [0.2, 0.25) is 10.0 Å². The van der Waals surface area contributed by atoms with Crippen molar-refractivity contribution >= 4 is 40.0 Å². The standard InChI is InChI=1S/C13H8Cl2N2O/c14-7-5-6-8(15)12(16)11(7)13-17-9-3-1-2-4-10(9)18-13/h1-6H,16H2. The highest BCUT2D eigenvalue weighted by molar-refractivity contribution is 6.37. The van der Waals surface area contributed by atoms with Crippen LogP contribution in [0.15, 0.2) is 40.8 Å². The van der Waals surface area contributed by atoms with E-state index < -0.39 is 0 Å². The summed E-state index contributed by atoms with van der Waals surface area (Å²) in [7, 11) is 0. The quantitative estimate of drug-likeness (QED) is 0.672. The van der Waals surface area contributed by atoms with Gasteiger partial charge in [-0.25, -0.2) is 4.98 Å². The molecule has 0 aliphatic heterocycles. The van der Waals surface area contributed by atoms with Crippen molar-refractivity contribution in [2.24, 2.45) is 0 Å². The molecule has 0 radical (unpaired) electrons. The molecule has 18 heavy (non-hydrogen) atoms. The van der Waals surface area contributed by atoms with Gasteiger partial charge in [-0.2, -0.15) is 0 Å². The van der Waals surface area contributed by atoms with Crippen molar-refractivity contribution in [3.05, 3.63) is 46.4 Å². The van der Waals surface area contributed by atoms with Crippen molar-refractivity contribution < 1.29 is 4.42 Å². The summed E-state index contributed by atoms with van der Waals surface area (Å²) in [5.41, 5.74) is 8.26. The highest BCUT2D eigenvalue weighted by Crippen LogP contribution is 2.38. The van der Waals surface area contributed by atoms with Gasteiger partial charge in [-0.3, -0.25) is 0 Å². The van der Waals surface area contributed by atoms with Crippen molar-refractivity contribution in [2.45, 2.75) is 0 Å². The van der Waals surface area contributed by atoms with Crippen LogP contribution in [0.5, 0.6) is 0 Å². The van der Waals surface area contributed by atoms with Crippen LogP contribution in [0, 0.1) is 0 Å². The highest BCUT2D eigenvalue weighted by Gasteiger charge is 2.16. The second kappa shape index (κ2) is 4.19. The van der Waals surface area contributed by atoms with Gasteiger partial charge < -0.3 is 10.2 Å². The minimum atomic E-state index is 0.371. The van der Waals surface area contributed by atoms with E-state index in [1.807, 2.05) is 24.3 Å². The Bertz CT molecular complexity index is 704. The van der Waals surface area contributed by atoms with Crippen LogP contribution in [0.3, 0.4) is 0 Å². The van der Waals surface area contributed by atoms with Crippen LogP contribution in [-0.2, 0) is 0 Å². The first kappa shape index (κ1) is 11.4. The zero-order valence-electron chi connectivity index (χ0n) is 9.15. The van der Waals surface area contributed by atoms with E-state index in [9.17, 15) is 0 Å². The smallest absolute Gasteiger partial charge is 0.230 e. The summed E-state index contributed by atoms with van der Waals surface area (Å²) in [6, 6.07) is 10.8. The van der Waals surface area contributed by atoms with Crippen LogP contribution in [-0.4, -0.2) is 4.98 Å². The summed E-state index contributed by atoms with van der Waals surface area (Å²) in [5, 5.41) is 0.889. The topological polar surface area (TPSA) is 52.0 Å². The minimum absolute atomic E-state index is 0.371. The number of para-hydroxylation sites is 2. The average Bonchev–Trinajstić information content (AvgIpc) is 2.77. The number of anilines is 1. The van der Waals surface area contributed by atoms with Crippen molar-refractivity contribution in [3.8, 4) is 11.5 Å². The molecule has 5 heteroatoms. The van der Waals surface area contributed by atoms with Crippen LogP contribution < -0.4 is 5.73 Å². The summed E-state index contributed by atoms with van der Waals surface area (Å²) in [6.07, 6.45) is 0. The number of aromatic nitrogens is 1. The fourth-order valence-electron chi connectivity index (χ4n) is 1.76.